The number of hydrogen-bond donors (Lipinski definition) is 1. The van der Waals surface area contributed by atoms with Crippen molar-refractivity contribution in [3.8, 4) is 17.6 Å². The van der Waals surface area contributed by atoms with Gasteiger partial charge in [-0.25, -0.2) is 4.98 Å². The summed E-state index contributed by atoms with van der Waals surface area (Å²) in [5, 5.41) is 11.7. The third-order valence-corrected chi connectivity index (χ3v) is 4.59. The zero-order valence-electron chi connectivity index (χ0n) is 15.0. The van der Waals surface area contributed by atoms with E-state index in [-0.39, 0.29) is 10.9 Å². The van der Waals surface area contributed by atoms with Crippen molar-refractivity contribution in [1.29, 1.82) is 5.26 Å². The second-order valence-corrected chi connectivity index (χ2v) is 6.97. The fraction of sp³-hybridized carbons (Fsp3) is 0.211. The summed E-state index contributed by atoms with van der Waals surface area (Å²) in [6, 6.07) is 12.6. The molecule has 1 atom stereocenters. The van der Waals surface area contributed by atoms with Crippen LogP contribution in [-0.2, 0) is 4.79 Å². The van der Waals surface area contributed by atoms with E-state index in [9.17, 15) is 18.0 Å². The molecule has 0 aliphatic carbocycles. The first-order valence-electron chi connectivity index (χ1n) is 8.31. The first-order chi connectivity index (χ1) is 13.7. The second-order valence-electron chi connectivity index (χ2n) is 5.94. The Balaban J connectivity index is 1.63. The summed E-state index contributed by atoms with van der Waals surface area (Å²) in [7, 11) is 0. The number of nitriles is 1. The van der Waals surface area contributed by atoms with Crippen LogP contribution in [-0.4, -0.2) is 29.8 Å². The van der Waals surface area contributed by atoms with Crippen LogP contribution < -0.4 is 14.8 Å². The van der Waals surface area contributed by atoms with Crippen LogP contribution in [0.1, 0.15) is 12.5 Å². The third-order valence-electron chi connectivity index (χ3n) is 3.66. The van der Waals surface area contributed by atoms with Gasteiger partial charge in [-0.05, 0) is 49.4 Å². The van der Waals surface area contributed by atoms with Crippen LogP contribution in [0.4, 0.5) is 18.3 Å². The van der Waals surface area contributed by atoms with Gasteiger partial charge in [0.1, 0.15) is 11.5 Å². The molecule has 1 unspecified atom stereocenters. The average Bonchev–Trinajstić information content (AvgIpc) is 3.07. The summed E-state index contributed by atoms with van der Waals surface area (Å²) in [6.07, 6.45) is -5.26. The summed E-state index contributed by atoms with van der Waals surface area (Å²) >= 11 is 1.11. The van der Waals surface area contributed by atoms with Gasteiger partial charge >= 0.3 is 6.18 Å². The maximum absolute atomic E-state index is 12.3. The van der Waals surface area contributed by atoms with Crippen molar-refractivity contribution in [2.24, 2.45) is 0 Å². The first kappa shape index (κ1) is 20.4. The number of amides is 1. The Morgan fingerprint density at radius 2 is 1.93 bits per heavy atom. The number of hydrogen-bond acceptors (Lipinski definition) is 6. The molecule has 1 heterocycles. The second kappa shape index (κ2) is 8.36. The van der Waals surface area contributed by atoms with Gasteiger partial charge in [-0.1, -0.05) is 11.3 Å². The molecule has 2 aromatic carbocycles. The van der Waals surface area contributed by atoms with E-state index >= 15 is 0 Å². The highest BCUT2D eigenvalue weighted by molar-refractivity contribution is 7.22. The predicted octanol–water partition coefficient (Wildman–Crippen LogP) is 4.52. The van der Waals surface area contributed by atoms with Gasteiger partial charge in [0.2, 0.25) is 0 Å². The Hall–Kier alpha value is -3.32. The lowest BCUT2D eigenvalue weighted by molar-refractivity contribution is -0.153. The maximum Gasteiger partial charge on any atom is 0.422 e. The Labute approximate surface area is 167 Å². The third kappa shape index (κ3) is 5.58. The van der Waals surface area contributed by atoms with Crippen molar-refractivity contribution in [2.45, 2.75) is 19.2 Å². The SMILES string of the molecule is CC(Oc1ccc(C#N)cc1)C(=O)Nc1nc2ccc(OCC(F)(F)F)cc2s1. The maximum atomic E-state index is 12.3. The zero-order chi connectivity index (χ0) is 21.0. The Morgan fingerprint density at radius 1 is 1.24 bits per heavy atom. The van der Waals surface area contributed by atoms with Gasteiger partial charge in [-0.3, -0.25) is 10.1 Å². The molecule has 0 fully saturated rings. The van der Waals surface area contributed by atoms with Crippen LogP contribution >= 0.6 is 11.3 Å². The summed E-state index contributed by atoms with van der Waals surface area (Å²) in [6.45, 7) is 0.176. The number of halogens is 3. The molecule has 3 aromatic rings. The molecular formula is C19H14F3N3O3S. The molecule has 3 rings (SSSR count). The van der Waals surface area contributed by atoms with Crippen LogP contribution in [0, 0.1) is 11.3 Å². The smallest absolute Gasteiger partial charge is 0.422 e. The van der Waals surface area contributed by atoms with Crippen molar-refractivity contribution in [1.82, 2.24) is 4.98 Å². The number of fused-ring (bicyclic) bond motifs is 1. The van der Waals surface area contributed by atoms with E-state index in [0.29, 0.717) is 21.5 Å². The number of benzene rings is 2. The number of carbonyl (C=O) groups is 1. The molecule has 1 amide bonds. The molecule has 6 nitrogen and oxygen atoms in total. The number of carbonyl (C=O) groups excluding carboxylic acids is 1. The largest absolute Gasteiger partial charge is 0.484 e. The minimum atomic E-state index is -4.42. The number of thiazole rings is 1. The summed E-state index contributed by atoms with van der Waals surface area (Å²) in [5.74, 6) is 0.0539. The molecule has 0 aliphatic rings. The normalized spacial score (nSPS) is 12.2. The van der Waals surface area contributed by atoms with E-state index < -0.39 is 24.8 Å². The molecule has 1 aromatic heterocycles. The van der Waals surface area contributed by atoms with Crippen LogP contribution in [0.15, 0.2) is 42.5 Å². The molecule has 0 radical (unpaired) electrons. The number of alkyl halides is 3. The lowest BCUT2D eigenvalue weighted by atomic mass is 10.2. The van der Waals surface area contributed by atoms with E-state index in [0.717, 1.165) is 11.3 Å². The fourth-order valence-corrected chi connectivity index (χ4v) is 3.18. The molecule has 150 valence electrons. The van der Waals surface area contributed by atoms with Crippen molar-refractivity contribution in [3.05, 3.63) is 48.0 Å². The first-order valence-corrected chi connectivity index (χ1v) is 9.13. The quantitative estimate of drug-likeness (QED) is 0.633. The van der Waals surface area contributed by atoms with Gasteiger partial charge in [0.25, 0.3) is 5.91 Å². The number of anilines is 1. The standard InChI is InChI=1S/C19H14F3N3O3S/c1-11(28-13-4-2-12(9-23)3-5-13)17(26)25-18-24-15-7-6-14(8-16(15)29-18)27-10-19(20,21)22/h2-8,11H,10H2,1H3,(H,24,25,26). The number of aromatic nitrogens is 1. The van der Waals surface area contributed by atoms with Gasteiger partial charge in [-0.2, -0.15) is 18.4 Å². The lowest BCUT2D eigenvalue weighted by Gasteiger charge is -2.13. The number of nitrogens with zero attached hydrogens (tertiary/aromatic N) is 2. The fourth-order valence-electron chi connectivity index (χ4n) is 2.29. The highest BCUT2D eigenvalue weighted by atomic mass is 32.1. The van der Waals surface area contributed by atoms with E-state index in [2.05, 4.69) is 10.3 Å². The highest BCUT2D eigenvalue weighted by Gasteiger charge is 2.28. The molecule has 0 saturated carbocycles. The van der Waals surface area contributed by atoms with E-state index in [1.807, 2.05) is 6.07 Å². The van der Waals surface area contributed by atoms with Crippen LogP contribution in [0.2, 0.25) is 0 Å². The Bertz CT molecular complexity index is 1060. The number of ether oxygens (including phenoxy) is 2. The van der Waals surface area contributed by atoms with Crippen molar-refractivity contribution in [2.75, 3.05) is 11.9 Å². The summed E-state index contributed by atoms with van der Waals surface area (Å²) in [5.41, 5.74) is 0.993. The highest BCUT2D eigenvalue weighted by Crippen LogP contribution is 2.30. The molecule has 0 spiro atoms. The van der Waals surface area contributed by atoms with Gasteiger partial charge < -0.3 is 9.47 Å². The van der Waals surface area contributed by atoms with Gasteiger partial charge in [0.05, 0.1) is 21.8 Å². The summed E-state index contributed by atoms with van der Waals surface area (Å²) in [4.78, 5) is 16.6. The van der Waals surface area contributed by atoms with E-state index in [1.165, 1.54) is 18.2 Å². The van der Waals surface area contributed by atoms with E-state index in [4.69, 9.17) is 14.7 Å². The Kier molecular flexibility index (Phi) is 5.89. The predicted molar refractivity (Wildman–Crippen MR) is 101 cm³/mol. The van der Waals surface area contributed by atoms with E-state index in [1.54, 1.807) is 31.2 Å². The number of rotatable bonds is 6. The number of nitrogens with one attached hydrogen (secondary N) is 1. The van der Waals surface area contributed by atoms with Crippen molar-refractivity contribution in [3.63, 3.8) is 0 Å². The van der Waals surface area contributed by atoms with Gasteiger partial charge in [0.15, 0.2) is 17.8 Å². The Morgan fingerprint density at radius 3 is 2.59 bits per heavy atom. The zero-order valence-corrected chi connectivity index (χ0v) is 15.8. The van der Waals surface area contributed by atoms with Gasteiger partial charge in [0, 0.05) is 0 Å². The van der Waals surface area contributed by atoms with Crippen LogP contribution in [0.5, 0.6) is 11.5 Å². The molecule has 0 aliphatic heterocycles. The van der Waals surface area contributed by atoms with Crippen LogP contribution in [0.3, 0.4) is 0 Å². The van der Waals surface area contributed by atoms with Gasteiger partial charge in [-0.15, -0.1) is 0 Å². The monoisotopic (exact) mass is 421 g/mol. The molecular weight excluding hydrogens is 407 g/mol. The average molecular weight is 421 g/mol. The minimum absolute atomic E-state index is 0.0638. The molecule has 1 N–H and O–H groups in total. The summed E-state index contributed by atoms with van der Waals surface area (Å²) < 4.78 is 47.6. The molecule has 29 heavy (non-hydrogen) atoms. The topological polar surface area (TPSA) is 84.2 Å². The molecule has 0 saturated heterocycles. The van der Waals surface area contributed by atoms with Crippen molar-refractivity contribution < 1.29 is 27.4 Å². The van der Waals surface area contributed by atoms with Crippen LogP contribution in [0.25, 0.3) is 10.2 Å². The minimum Gasteiger partial charge on any atom is -0.484 e. The lowest BCUT2D eigenvalue weighted by Crippen LogP contribution is -2.30. The van der Waals surface area contributed by atoms with Crippen molar-refractivity contribution >= 4 is 32.6 Å². The molecule has 10 heteroatoms. The molecule has 0 bridgehead atoms.